The van der Waals surface area contributed by atoms with Crippen LogP contribution in [0.2, 0.25) is 0 Å². The Morgan fingerprint density at radius 3 is 2.79 bits per heavy atom. The van der Waals surface area contributed by atoms with Crippen LogP contribution in [0.15, 0.2) is 41.0 Å². The molecule has 5 heteroatoms. The van der Waals surface area contributed by atoms with Gasteiger partial charge in [0.05, 0.1) is 5.69 Å². The van der Waals surface area contributed by atoms with Gasteiger partial charge in [-0.25, -0.2) is 9.97 Å². The summed E-state index contributed by atoms with van der Waals surface area (Å²) in [7, 11) is 0. The van der Waals surface area contributed by atoms with E-state index in [0.29, 0.717) is 18.7 Å². The Morgan fingerprint density at radius 1 is 1.26 bits per heavy atom. The fraction of sp³-hybridized carbons (Fsp3) is 0.214. The Balaban J connectivity index is 2.15. The first-order valence-corrected chi connectivity index (χ1v) is 6.75. The Bertz CT molecular complexity index is 587. The first kappa shape index (κ1) is 13.7. The largest absolute Gasteiger partial charge is 0.481 e. The van der Waals surface area contributed by atoms with E-state index in [4.69, 9.17) is 5.11 Å². The molecule has 0 bridgehead atoms. The Labute approximate surface area is 119 Å². The normalized spacial score (nSPS) is 10.4. The van der Waals surface area contributed by atoms with E-state index < -0.39 is 5.97 Å². The molecule has 2 aromatic rings. The van der Waals surface area contributed by atoms with Gasteiger partial charge in [-0.05, 0) is 18.6 Å². The molecule has 0 spiro atoms. The predicted octanol–water partition coefficient (Wildman–Crippen LogP) is 3.31. The summed E-state index contributed by atoms with van der Waals surface area (Å²) in [5, 5.41) is 8.61. The summed E-state index contributed by atoms with van der Waals surface area (Å²) >= 11 is 3.49. The molecule has 1 N–H and O–H groups in total. The molecule has 2 rings (SSSR count). The van der Waals surface area contributed by atoms with Crippen LogP contribution >= 0.6 is 15.9 Å². The first-order valence-electron chi connectivity index (χ1n) is 5.95. The zero-order valence-corrected chi connectivity index (χ0v) is 11.8. The van der Waals surface area contributed by atoms with Gasteiger partial charge in [-0.15, -0.1) is 0 Å². The zero-order chi connectivity index (χ0) is 13.7. The summed E-state index contributed by atoms with van der Waals surface area (Å²) in [5.74, 6) is -0.114. The Morgan fingerprint density at radius 2 is 2.05 bits per heavy atom. The maximum Gasteiger partial charge on any atom is 0.303 e. The van der Waals surface area contributed by atoms with E-state index >= 15 is 0 Å². The van der Waals surface area contributed by atoms with Crippen molar-refractivity contribution in [3.05, 3.63) is 46.8 Å². The molecule has 0 atom stereocenters. The lowest BCUT2D eigenvalue weighted by Gasteiger charge is -2.05. The molecular weight excluding hydrogens is 308 g/mol. The van der Waals surface area contributed by atoms with Crippen LogP contribution < -0.4 is 0 Å². The molecule has 0 fully saturated rings. The lowest BCUT2D eigenvalue weighted by Crippen LogP contribution is -2.00. The molecule has 1 heterocycles. The number of carboxylic acid groups (broad SMARTS) is 1. The number of hydrogen-bond donors (Lipinski definition) is 1. The molecule has 0 aliphatic heterocycles. The molecule has 0 aliphatic rings. The van der Waals surface area contributed by atoms with Gasteiger partial charge in [-0.3, -0.25) is 4.79 Å². The summed E-state index contributed by atoms with van der Waals surface area (Å²) in [4.78, 5) is 19.1. The highest BCUT2D eigenvalue weighted by molar-refractivity contribution is 9.10. The average Bonchev–Trinajstić information content (AvgIpc) is 2.39. The predicted molar refractivity (Wildman–Crippen MR) is 75.7 cm³/mol. The number of nitrogens with zero attached hydrogens (tertiary/aromatic N) is 2. The van der Waals surface area contributed by atoms with Crippen molar-refractivity contribution in [1.29, 1.82) is 0 Å². The lowest BCUT2D eigenvalue weighted by molar-refractivity contribution is -0.137. The molecule has 1 aromatic heterocycles. The molecule has 0 amide bonds. The number of rotatable bonds is 5. The SMILES string of the molecule is O=C(O)CCCc1nccc(-c2ccccc2Br)n1. The zero-order valence-electron chi connectivity index (χ0n) is 10.2. The van der Waals surface area contributed by atoms with Gasteiger partial charge in [-0.1, -0.05) is 34.1 Å². The van der Waals surface area contributed by atoms with E-state index in [1.54, 1.807) is 6.20 Å². The van der Waals surface area contributed by atoms with Gasteiger partial charge in [0.1, 0.15) is 5.82 Å². The van der Waals surface area contributed by atoms with Crippen LogP contribution in [0.25, 0.3) is 11.3 Å². The minimum atomic E-state index is -0.790. The number of carbonyl (C=O) groups is 1. The molecule has 0 saturated carbocycles. The van der Waals surface area contributed by atoms with Crippen molar-refractivity contribution in [1.82, 2.24) is 9.97 Å². The highest BCUT2D eigenvalue weighted by Crippen LogP contribution is 2.26. The Hall–Kier alpha value is -1.75. The molecule has 0 saturated heterocycles. The van der Waals surface area contributed by atoms with Crippen LogP contribution in [-0.4, -0.2) is 21.0 Å². The molecule has 0 unspecified atom stereocenters. The highest BCUT2D eigenvalue weighted by atomic mass is 79.9. The average molecular weight is 321 g/mol. The first-order chi connectivity index (χ1) is 9.16. The highest BCUT2D eigenvalue weighted by Gasteiger charge is 2.06. The van der Waals surface area contributed by atoms with Crippen molar-refractivity contribution in [3.63, 3.8) is 0 Å². The van der Waals surface area contributed by atoms with Crippen LogP contribution in [0.1, 0.15) is 18.7 Å². The topological polar surface area (TPSA) is 63.1 Å². The van der Waals surface area contributed by atoms with Crippen LogP contribution in [0.4, 0.5) is 0 Å². The molecule has 98 valence electrons. The molecule has 4 nitrogen and oxygen atoms in total. The monoisotopic (exact) mass is 320 g/mol. The minimum absolute atomic E-state index is 0.141. The van der Waals surface area contributed by atoms with Gasteiger partial charge >= 0.3 is 5.97 Å². The second-order valence-electron chi connectivity index (χ2n) is 4.09. The molecule has 0 aliphatic carbocycles. The number of aryl methyl sites for hydroxylation is 1. The van der Waals surface area contributed by atoms with Crippen LogP contribution in [-0.2, 0) is 11.2 Å². The van der Waals surface area contributed by atoms with E-state index in [1.807, 2.05) is 30.3 Å². The van der Waals surface area contributed by atoms with E-state index in [2.05, 4.69) is 25.9 Å². The minimum Gasteiger partial charge on any atom is -0.481 e. The van der Waals surface area contributed by atoms with Gasteiger partial charge in [0.2, 0.25) is 0 Å². The van der Waals surface area contributed by atoms with Gasteiger partial charge in [-0.2, -0.15) is 0 Å². The van der Waals surface area contributed by atoms with E-state index in [1.165, 1.54) is 0 Å². The maximum atomic E-state index is 10.5. The van der Waals surface area contributed by atoms with Crippen molar-refractivity contribution in [3.8, 4) is 11.3 Å². The molecule has 1 aromatic carbocycles. The van der Waals surface area contributed by atoms with Gasteiger partial charge in [0.15, 0.2) is 0 Å². The van der Waals surface area contributed by atoms with Crippen molar-refractivity contribution < 1.29 is 9.90 Å². The molecule has 19 heavy (non-hydrogen) atoms. The fourth-order valence-corrected chi connectivity index (χ4v) is 2.22. The number of hydrogen-bond acceptors (Lipinski definition) is 3. The van der Waals surface area contributed by atoms with Crippen LogP contribution in [0.3, 0.4) is 0 Å². The third kappa shape index (κ3) is 3.86. The summed E-state index contributed by atoms with van der Waals surface area (Å²) in [6, 6.07) is 9.69. The van der Waals surface area contributed by atoms with Crippen molar-refractivity contribution in [2.24, 2.45) is 0 Å². The molecule has 0 radical (unpaired) electrons. The second-order valence-corrected chi connectivity index (χ2v) is 4.94. The van der Waals surface area contributed by atoms with Gasteiger partial charge < -0.3 is 5.11 Å². The third-order valence-corrected chi connectivity index (χ3v) is 3.34. The number of aromatic nitrogens is 2. The second kappa shape index (κ2) is 6.43. The van der Waals surface area contributed by atoms with Crippen LogP contribution in [0, 0.1) is 0 Å². The van der Waals surface area contributed by atoms with Gasteiger partial charge in [0.25, 0.3) is 0 Å². The van der Waals surface area contributed by atoms with E-state index in [9.17, 15) is 4.79 Å². The maximum absolute atomic E-state index is 10.5. The van der Waals surface area contributed by atoms with E-state index in [0.717, 1.165) is 15.7 Å². The van der Waals surface area contributed by atoms with Crippen molar-refractivity contribution in [2.75, 3.05) is 0 Å². The number of halogens is 1. The third-order valence-electron chi connectivity index (χ3n) is 2.65. The molecular formula is C14H13BrN2O2. The quantitative estimate of drug-likeness (QED) is 0.918. The van der Waals surface area contributed by atoms with Crippen LogP contribution in [0.5, 0.6) is 0 Å². The Kier molecular flexibility index (Phi) is 4.63. The van der Waals surface area contributed by atoms with E-state index in [-0.39, 0.29) is 6.42 Å². The summed E-state index contributed by atoms with van der Waals surface area (Å²) in [6.45, 7) is 0. The number of aliphatic carboxylic acids is 1. The number of carboxylic acids is 1. The van der Waals surface area contributed by atoms with Crippen molar-refractivity contribution in [2.45, 2.75) is 19.3 Å². The van der Waals surface area contributed by atoms with Gasteiger partial charge in [0, 0.05) is 29.1 Å². The smallest absolute Gasteiger partial charge is 0.303 e. The summed E-state index contributed by atoms with van der Waals surface area (Å²) < 4.78 is 0.977. The lowest BCUT2D eigenvalue weighted by atomic mass is 10.1. The number of benzene rings is 1. The van der Waals surface area contributed by atoms with Crippen molar-refractivity contribution >= 4 is 21.9 Å². The summed E-state index contributed by atoms with van der Waals surface area (Å²) in [5.41, 5.74) is 1.84. The fourth-order valence-electron chi connectivity index (χ4n) is 1.74. The standard InChI is InChI=1S/C14H13BrN2O2/c15-11-5-2-1-4-10(11)12-8-9-16-13(17-12)6-3-7-14(18)19/h1-2,4-5,8-9H,3,6-7H2,(H,18,19). The summed E-state index contributed by atoms with van der Waals surface area (Å²) in [6.07, 6.45) is 2.97.